The van der Waals surface area contributed by atoms with Crippen LogP contribution in [0.5, 0.6) is 0 Å². The molecule has 0 radical (unpaired) electrons. The highest BCUT2D eigenvalue weighted by atomic mass is 35.5. The second kappa shape index (κ2) is 6.72. The summed E-state index contributed by atoms with van der Waals surface area (Å²) in [5.74, 6) is 0.429. The van der Waals surface area contributed by atoms with Gasteiger partial charge >= 0.3 is 0 Å². The quantitative estimate of drug-likeness (QED) is 0.828. The zero-order valence-electron chi connectivity index (χ0n) is 11.3. The number of halogens is 1. The van der Waals surface area contributed by atoms with E-state index < -0.39 is 0 Å². The van der Waals surface area contributed by atoms with Crippen molar-refractivity contribution in [2.75, 3.05) is 12.4 Å². The van der Waals surface area contributed by atoms with Gasteiger partial charge in [0.25, 0.3) is 5.91 Å². The van der Waals surface area contributed by atoms with Gasteiger partial charge in [-0.1, -0.05) is 24.6 Å². The predicted octanol–water partition coefficient (Wildman–Crippen LogP) is 3.72. The number of carbonyl (C=O) groups excluding carboxylic acids is 1. The fourth-order valence-electron chi connectivity index (χ4n) is 1.86. The van der Waals surface area contributed by atoms with Crippen LogP contribution >= 0.6 is 22.9 Å². The maximum Gasteiger partial charge on any atom is 0.252 e. The highest BCUT2D eigenvalue weighted by molar-refractivity contribution is 7.10. The second-order valence-corrected chi connectivity index (χ2v) is 5.63. The van der Waals surface area contributed by atoms with Crippen LogP contribution in [0.15, 0.2) is 29.6 Å². The normalized spacial score (nSPS) is 11.9. The van der Waals surface area contributed by atoms with Gasteiger partial charge in [0.15, 0.2) is 0 Å². The van der Waals surface area contributed by atoms with E-state index in [1.54, 1.807) is 30.5 Å². The van der Waals surface area contributed by atoms with Gasteiger partial charge in [-0.25, -0.2) is 4.98 Å². The minimum absolute atomic E-state index is 0.0208. The van der Waals surface area contributed by atoms with Crippen LogP contribution in [-0.4, -0.2) is 17.9 Å². The molecule has 2 aromatic heterocycles. The molecule has 1 unspecified atom stereocenters. The highest BCUT2D eigenvalue weighted by Crippen LogP contribution is 2.22. The summed E-state index contributed by atoms with van der Waals surface area (Å²) in [6.07, 6.45) is 0.837. The summed E-state index contributed by atoms with van der Waals surface area (Å²) in [6, 6.07) is 7.28. The lowest BCUT2D eigenvalue weighted by Crippen LogP contribution is -2.27. The molecule has 0 aliphatic heterocycles. The van der Waals surface area contributed by atoms with Gasteiger partial charge in [0.2, 0.25) is 0 Å². The number of hydrogen-bond donors (Lipinski definition) is 2. The third kappa shape index (κ3) is 3.49. The molecule has 6 heteroatoms. The Labute approximate surface area is 127 Å². The van der Waals surface area contributed by atoms with Crippen molar-refractivity contribution in [1.29, 1.82) is 0 Å². The molecule has 2 rings (SSSR count). The van der Waals surface area contributed by atoms with Crippen molar-refractivity contribution >= 4 is 34.7 Å². The van der Waals surface area contributed by atoms with E-state index in [-0.39, 0.29) is 11.9 Å². The first-order valence-corrected chi connectivity index (χ1v) is 7.59. The molecule has 0 spiro atoms. The maximum atomic E-state index is 12.3. The molecule has 0 fully saturated rings. The highest BCUT2D eigenvalue weighted by Gasteiger charge is 2.16. The van der Waals surface area contributed by atoms with Gasteiger partial charge in [-0.2, -0.15) is 0 Å². The van der Waals surface area contributed by atoms with Crippen LogP contribution in [0.3, 0.4) is 0 Å². The van der Waals surface area contributed by atoms with Gasteiger partial charge in [-0.3, -0.25) is 4.79 Å². The van der Waals surface area contributed by atoms with Crippen LogP contribution in [0.1, 0.15) is 34.6 Å². The monoisotopic (exact) mass is 309 g/mol. The second-order valence-electron chi connectivity index (χ2n) is 4.26. The largest absolute Gasteiger partial charge is 0.373 e. The van der Waals surface area contributed by atoms with Crippen LogP contribution in [0.25, 0.3) is 0 Å². The third-order valence-corrected chi connectivity index (χ3v) is 4.09. The van der Waals surface area contributed by atoms with Crippen LogP contribution in [0.4, 0.5) is 5.82 Å². The van der Waals surface area contributed by atoms with E-state index in [1.165, 1.54) is 0 Å². The number of nitrogens with zero attached hydrogens (tertiary/aromatic N) is 1. The minimum Gasteiger partial charge on any atom is -0.373 e. The molecular formula is C14H16ClN3OS. The van der Waals surface area contributed by atoms with Gasteiger partial charge in [0, 0.05) is 17.5 Å². The number of amides is 1. The Morgan fingerprint density at radius 1 is 1.50 bits per heavy atom. The van der Waals surface area contributed by atoms with Gasteiger partial charge < -0.3 is 10.6 Å². The Kier molecular flexibility index (Phi) is 4.98. The van der Waals surface area contributed by atoms with Crippen molar-refractivity contribution in [3.63, 3.8) is 0 Å². The smallest absolute Gasteiger partial charge is 0.252 e. The minimum atomic E-state index is -0.147. The first-order chi connectivity index (χ1) is 9.63. The molecule has 2 aromatic rings. The van der Waals surface area contributed by atoms with Gasteiger partial charge in [0.05, 0.1) is 6.04 Å². The molecule has 0 bridgehead atoms. The summed E-state index contributed by atoms with van der Waals surface area (Å²) >= 11 is 7.55. The molecule has 0 saturated carbocycles. The van der Waals surface area contributed by atoms with Crippen molar-refractivity contribution in [3.05, 3.63) is 45.2 Å². The lowest BCUT2D eigenvalue weighted by Gasteiger charge is -2.16. The van der Waals surface area contributed by atoms with Crippen molar-refractivity contribution in [2.24, 2.45) is 0 Å². The van der Waals surface area contributed by atoms with Gasteiger partial charge in [-0.15, -0.1) is 11.3 Å². The Hall–Kier alpha value is -1.59. The Morgan fingerprint density at radius 2 is 2.30 bits per heavy atom. The molecule has 2 heterocycles. The molecule has 0 aliphatic rings. The number of thiophene rings is 1. The lowest BCUT2D eigenvalue weighted by atomic mass is 10.1. The standard InChI is InChI=1S/C14H16ClN3OS/c1-3-10(11-5-4-6-20-11)17-14(19)9-7-12(15)18-13(8-9)16-2/h4-8,10H,3H2,1-2H3,(H,16,18)(H,17,19). The first-order valence-electron chi connectivity index (χ1n) is 6.33. The number of pyridine rings is 1. The third-order valence-electron chi connectivity index (χ3n) is 2.91. The van der Waals surface area contributed by atoms with Crippen LogP contribution in [-0.2, 0) is 0 Å². The van der Waals surface area contributed by atoms with Gasteiger partial charge in [-0.05, 0) is 30.0 Å². The van der Waals surface area contributed by atoms with Crippen molar-refractivity contribution < 1.29 is 4.79 Å². The number of anilines is 1. The van der Waals surface area contributed by atoms with E-state index in [0.29, 0.717) is 16.5 Å². The average Bonchev–Trinajstić information content (AvgIpc) is 2.97. The maximum absolute atomic E-state index is 12.3. The molecule has 0 aliphatic carbocycles. The fourth-order valence-corrected chi connectivity index (χ4v) is 2.93. The Bertz CT molecular complexity index is 586. The van der Waals surface area contributed by atoms with Crippen molar-refractivity contribution in [1.82, 2.24) is 10.3 Å². The molecule has 106 valence electrons. The van der Waals surface area contributed by atoms with E-state index in [1.807, 2.05) is 24.4 Å². The van der Waals surface area contributed by atoms with E-state index in [0.717, 1.165) is 11.3 Å². The zero-order valence-corrected chi connectivity index (χ0v) is 12.9. The van der Waals surface area contributed by atoms with Crippen LogP contribution in [0.2, 0.25) is 5.15 Å². The molecule has 2 N–H and O–H groups in total. The topological polar surface area (TPSA) is 54.0 Å². The average molecular weight is 310 g/mol. The summed E-state index contributed by atoms with van der Waals surface area (Å²) in [5, 5.41) is 8.21. The number of hydrogen-bond acceptors (Lipinski definition) is 4. The lowest BCUT2D eigenvalue weighted by molar-refractivity contribution is 0.0936. The van der Waals surface area contributed by atoms with Gasteiger partial charge in [0.1, 0.15) is 11.0 Å². The van der Waals surface area contributed by atoms with E-state index in [4.69, 9.17) is 11.6 Å². The van der Waals surface area contributed by atoms with E-state index in [2.05, 4.69) is 15.6 Å². The molecular weight excluding hydrogens is 294 g/mol. The summed E-state index contributed by atoms with van der Waals surface area (Å²) < 4.78 is 0. The van der Waals surface area contributed by atoms with Crippen LogP contribution in [0, 0.1) is 0 Å². The first kappa shape index (κ1) is 14.8. The molecule has 0 aromatic carbocycles. The van der Waals surface area contributed by atoms with Crippen molar-refractivity contribution in [2.45, 2.75) is 19.4 Å². The summed E-state index contributed by atoms with van der Waals surface area (Å²) in [7, 11) is 1.74. The summed E-state index contributed by atoms with van der Waals surface area (Å²) in [5.41, 5.74) is 0.504. The number of nitrogens with one attached hydrogen (secondary N) is 2. The van der Waals surface area contributed by atoms with E-state index >= 15 is 0 Å². The Balaban J connectivity index is 2.17. The number of aromatic nitrogens is 1. The molecule has 1 atom stereocenters. The summed E-state index contributed by atoms with van der Waals surface area (Å²) in [6.45, 7) is 2.04. The molecule has 1 amide bonds. The molecule has 0 saturated heterocycles. The molecule has 20 heavy (non-hydrogen) atoms. The molecule has 4 nitrogen and oxygen atoms in total. The SMILES string of the molecule is CCC(NC(=O)c1cc(Cl)nc(NC)c1)c1cccs1. The Morgan fingerprint density at radius 3 is 2.90 bits per heavy atom. The van der Waals surface area contributed by atoms with Crippen LogP contribution < -0.4 is 10.6 Å². The fraction of sp³-hybridized carbons (Fsp3) is 0.286. The number of carbonyl (C=O) groups is 1. The summed E-state index contributed by atoms with van der Waals surface area (Å²) in [4.78, 5) is 17.5. The van der Waals surface area contributed by atoms with E-state index in [9.17, 15) is 4.79 Å². The van der Waals surface area contributed by atoms with Crippen molar-refractivity contribution in [3.8, 4) is 0 Å². The number of rotatable bonds is 5. The zero-order chi connectivity index (χ0) is 14.5. The predicted molar refractivity (Wildman–Crippen MR) is 83.6 cm³/mol.